The maximum Gasteiger partial charge on any atom is 0.275 e. The van der Waals surface area contributed by atoms with Crippen LogP contribution in [0.5, 0.6) is 0 Å². The first-order valence-corrected chi connectivity index (χ1v) is 9.87. The van der Waals surface area contributed by atoms with E-state index in [0.29, 0.717) is 6.54 Å². The first-order chi connectivity index (χ1) is 15.1. The Balaban J connectivity index is 1.68. The summed E-state index contributed by atoms with van der Waals surface area (Å²) in [6.07, 6.45) is 0. The van der Waals surface area contributed by atoms with E-state index in [1.165, 1.54) is 19.6 Å². The molecule has 3 rings (SSSR count). The lowest BCUT2D eigenvalue weighted by atomic mass is 10.0. The number of amides is 3. The Morgan fingerprint density at radius 1 is 1.03 bits per heavy atom. The van der Waals surface area contributed by atoms with Crippen LogP contribution in [0.1, 0.15) is 15.9 Å². The fraction of sp³-hybridized carbons (Fsp3) is 0.318. The standard InChI is InChI=1S/C22H24F2N4O4/c1-25-19(29)18(20(30)26-32)27(2)21(31)17-9-7-16(8-10-17)15-5-3-14(4-6-15)11-28-12-22(23,24)13-28/h3-10,18,32H,11-13H2,1-2H3,(H,25,29)(H,26,30). The Morgan fingerprint density at radius 3 is 2.03 bits per heavy atom. The third kappa shape index (κ3) is 5.09. The Bertz CT molecular complexity index is 972. The second-order valence-electron chi connectivity index (χ2n) is 7.68. The largest absolute Gasteiger partial charge is 0.357 e. The molecule has 0 spiro atoms. The van der Waals surface area contributed by atoms with Crippen molar-refractivity contribution in [1.82, 2.24) is 20.6 Å². The maximum absolute atomic E-state index is 13.0. The molecule has 3 amide bonds. The number of likely N-dealkylation sites (N-methyl/N-ethyl adjacent to an activating group) is 2. The van der Waals surface area contributed by atoms with E-state index in [4.69, 9.17) is 5.21 Å². The summed E-state index contributed by atoms with van der Waals surface area (Å²) in [7, 11) is 2.61. The van der Waals surface area contributed by atoms with Crippen LogP contribution in [0.2, 0.25) is 0 Å². The van der Waals surface area contributed by atoms with E-state index in [1.807, 2.05) is 24.3 Å². The number of carbonyl (C=O) groups excluding carboxylic acids is 3. The maximum atomic E-state index is 13.0. The molecule has 0 aliphatic carbocycles. The Kier molecular flexibility index (Phi) is 6.85. The molecular formula is C22H24F2N4O4. The van der Waals surface area contributed by atoms with Crippen molar-refractivity contribution in [2.45, 2.75) is 18.5 Å². The lowest BCUT2D eigenvalue weighted by molar-refractivity contribution is -0.140. The van der Waals surface area contributed by atoms with Crippen molar-refractivity contribution < 1.29 is 28.4 Å². The molecule has 10 heteroatoms. The molecule has 2 aromatic carbocycles. The van der Waals surface area contributed by atoms with Crippen LogP contribution >= 0.6 is 0 Å². The zero-order chi connectivity index (χ0) is 23.5. The molecule has 8 nitrogen and oxygen atoms in total. The molecule has 1 aliphatic rings. The number of nitrogens with zero attached hydrogens (tertiary/aromatic N) is 2. The highest BCUT2D eigenvalue weighted by Crippen LogP contribution is 2.28. The minimum absolute atomic E-state index is 0.223. The smallest absolute Gasteiger partial charge is 0.275 e. The molecule has 0 radical (unpaired) electrons. The molecule has 1 heterocycles. The van der Waals surface area contributed by atoms with Gasteiger partial charge in [-0.1, -0.05) is 36.4 Å². The SMILES string of the molecule is CNC(=O)C(C(=O)NO)N(C)C(=O)c1ccc(-c2ccc(CN3CC(F)(F)C3)cc2)cc1. The molecule has 1 atom stereocenters. The first kappa shape index (κ1) is 23.3. The average molecular weight is 446 g/mol. The normalized spacial score (nSPS) is 15.9. The lowest BCUT2D eigenvalue weighted by Crippen LogP contribution is -2.55. The van der Waals surface area contributed by atoms with Crippen LogP contribution in [-0.4, -0.2) is 71.9 Å². The van der Waals surface area contributed by atoms with Crippen LogP contribution in [0, 0.1) is 0 Å². The lowest BCUT2D eigenvalue weighted by Gasteiger charge is -2.38. The van der Waals surface area contributed by atoms with Gasteiger partial charge < -0.3 is 10.2 Å². The average Bonchev–Trinajstić information content (AvgIpc) is 2.77. The van der Waals surface area contributed by atoms with Crippen LogP contribution < -0.4 is 10.8 Å². The van der Waals surface area contributed by atoms with E-state index in [1.54, 1.807) is 29.2 Å². The third-order valence-electron chi connectivity index (χ3n) is 5.30. The number of hydrogen-bond donors (Lipinski definition) is 3. The number of benzene rings is 2. The van der Waals surface area contributed by atoms with E-state index in [9.17, 15) is 23.2 Å². The van der Waals surface area contributed by atoms with Gasteiger partial charge in [0.25, 0.3) is 23.6 Å². The van der Waals surface area contributed by atoms with E-state index in [0.717, 1.165) is 21.6 Å². The van der Waals surface area contributed by atoms with Gasteiger partial charge in [-0.3, -0.25) is 24.5 Å². The van der Waals surface area contributed by atoms with Gasteiger partial charge in [-0.25, -0.2) is 14.3 Å². The monoisotopic (exact) mass is 446 g/mol. The highest BCUT2D eigenvalue weighted by atomic mass is 19.3. The molecule has 0 bridgehead atoms. The van der Waals surface area contributed by atoms with Gasteiger partial charge in [0.15, 0.2) is 6.04 Å². The van der Waals surface area contributed by atoms with Gasteiger partial charge in [0, 0.05) is 26.2 Å². The van der Waals surface area contributed by atoms with Crippen LogP contribution in [0.4, 0.5) is 8.78 Å². The minimum atomic E-state index is -2.59. The Hall–Kier alpha value is -3.37. The van der Waals surface area contributed by atoms with E-state index in [-0.39, 0.29) is 18.7 Å². The van der Waals surface area contributed by atoms with Crippen molar-refractivity contribution in [2.24, 2.45) is 0 Å². The summed E-state index contributed by atoms with van der Waals surface area (Å²) in [5.74, 6) is -4.93. The number of halogens is 2. The van der Waals surface area contributed by atoms with Gasteiger partial charge in [0.2, 0.25) is 0 Å². The highest BCUT2D eigenvalue weighted by molar-refractivity contribution is 6.08. The van der Waals surface area contributed by atoms with E-state index in [2.05, 4.69) is 5.32 Å². The molecule has 1 aliphatic heterocycles. The fourth-order valence-electron chi connectivity index (χ4n) is 3.58. The number of rotatable bonds is 7. The molecule has 1 fully saturated rings. The van der Waals surface area contributed by atoms with Gasteiger partial charge in [-0.15, -0.1) is 0 Å². The zero-order valence-corrected chi connectivity index (χ0v) is 17.6. The molecule has 1 unspecified atom stereocenters. The predicted octanol–water partition coefficient (Wildman–Crippen LogP) is 1.50. The van der Waals surface area contributed by atoms with Crippen LogP contribution in [-0.2, 0) is 16.1 Å². The summed E-state index contributed by atoms with van der Waals surface area (Å²) in [6, 6.07) is 12.6. The molecule has 0 saturated carbocycles. The minimum Gasteiger partial charge on any atom is -0.357 e. The van der Waals surface area contributed by atoms with Crippen molar-refractivity contribution in [2.75, 3.05) is 27.2 Å². The molecule has 3 N–H and O–H groups in total. The number of likely N-dealkylation sites (tertiary alicyclic amines) is 1. The van der Waals surface area contributed by atoms with Crippen LogP contribution in [0.25, 0.3) is 11.1 Å². The zero-order valence-electron chi connectivity index (χ0n) is 17.6. The second kappa shape index (κ2) is 9.41. The van der Waals surface area contributed by atoms with Crippen molar-refractivity contribution in [3.63, 3.8) is 0 Å². The Morgan fingerprint density at radius 2 is 1.56 bits per heavy atom. The van der Waals surface area contributed by atoms with E-state index < -0.39 is 29.7 Å². The predicted molar refractivity (Wildman–Crippen MR) is 112 cm³/mol. The van der Waals surface area contributed by atoms with Crippen LogP contribution in [0.3, 0.4) is 0 Å². The van der Waals surface area contributed by atoms with Gasteiger partial charge in [0.05, 0.1) is 13.1 Å². The van der Waals surface area contributed by atoms with E-state index >= 15 is 0 Å². The van der Waals surface area contributed by atoms with Gasteiger partial charge in [-0.2, -0.15) is 0 Å². The van der Waals surface area contributed by atoms with Gasteiger partial charge >= 0.3 is 0 Å². The molecule has 1 saturated heterocycles. The summed E-state index contributed by atoms with van der Waals surface area (Å²) in [6.45, 7) is 0.0163. The van der Waals surface area contributed by atoms with Gasteiger partial charge in [0.1, 0.15) is 0 Å². The fourth-order valence-corrected chi connectivity index (χ4v) is 3.58. The van der Waals surface area contributed by atoms with Crippen molar-refractivity contribution in [1.29, 1.82) is 0 Å². The van der Waals surface area contributed by atoms with Gasteiger partial charge in [-0.05, 0) is 28.8 Å². The number of alkyl halides is 2. The molecule has 170 valence electrons. The summed E-state index contributed by atoms with van der Waals surface area (Å²) < 4.78 is 25.9. The highest BCUT2D eigenvalue weighted by Gasteiger charge is 2.43. The molecule has 2 aromatic rings. The molecule has 32 heavy (non-hydrogen) atoms. The summed E-state index contributed by atoms with van der Waals surface area (Å²) in [4.78, 5) is 39.1. The van der Waals surface area contributed by atoms with Crippen molar-refractivity contribution >= 4 is 17.7 Å². The summed E-state index contributed by atoms with van der Waals surface area (Å²) in [5, 5.41) is 11.1. The summed E-state index contributed by atoms with van der Waals surface area (Å²) >= 11 is 0. The topological polar surface area (TPSA) is 102 Å². The summed E-state index contributed by atoms with van der Waals surface area (Å²) in [5.41, 5.74) is 4.30. The third-order valence-corrected chi connectivity index (χ3v) is 5.30. The van der Waals surface area contributed by atoms with Crippen molar-refractivity contribution in [3.05, 3.63) is 59.7 Å². The quantitative estimate of drug-likeness (QED) is 0.340. The van der Waals surface area contributed by atoms with Crippen LogP contribution in [0.15, 0.2) is 48.5 Å². The number of hydroxylamine groups is 1. The molecule has 0 aromatic heterocycles. The number of carbonyl (C=O) groups is 3. The second-order valence-corrected chi connectivity index (χ2v) is 7.68. The first-order valence-electron chi connectivity index (χ1n) is 9.87. The Labute approximate surface area is 183 Å². The van der Waals surface area contributed by atoms with Crippen molar-refractivity contribution in [3.8, 4) is 11.1 Å². The number of hydrogen-bond acceptors (Lipinski definition) is 5. The number of nitrogens with one attached hydrogen (secondary N) is 2. The molecular weight excluding hydrogens is 422 g/mol.